The van der Waals surface area contributed by atoms with Crippen LogP contribution in [0.5, 0.6) is 0 Å². The Balaban J connectivity index is 2.24. The van der Waals surface area contributed by atoms with Crippen molar-refractivity contribution in [2.24, 2.45) is 5.41 Å². The lowest BCUT2D eigenvalue weighted by Crippen LogP contribution is -2.19. The third-order valence-electron chi connectivity index (χ3n) is 3.49. The van der Waals surface area contributed by atoms with Crippen LogP contribution in [0.1, 0.15) is 30.1 Å². The predicted molar refractivity (Wildman–Crippen MR) is 72.3 cm³/mol. The summed E-state index contributed by atoms with van der Waals surface area (Å²) in [6.45, 7) is 2.82. The van der Waals surface area contributed by atoms with Crippen LogP contribution in [0.2, 0.25) is 0 Å². The zero-order chi connectivity index (χ0) is 14.0. The van der Waals surface area contributed by atoms with Crippen LogP contribution < -0.4 is 10.6 Å². The van der Waals surface area contributed by atoms with Crippen molar-refractivity contribution in [3.05, 3.63) is 33.9 Å². The molecule has 6 heteroatoms. The minimum absolute atomic E-state index is 0.00287. The Labute approximate surface area is 111 Å². The molecule has 1 fully saturated rings. The van der Waals surface area contributed by atoms with Gasteiger partial charge >= 0.3 is 0 Å². The van der Waals surface area contributed by atoms with Gasteiger partial charge in [0.25, 0.3) is 11.6 Å². The fourth-order valence-corrected chi connectivity index (χ4v) is 1.82. The second-order valence-electron chi connectivity index (χ2n) is 5.23. The van der Waals surface area contributed by atoms with Gasteiger partial charge in [-0.2, -0.15) is 0 Å². The summed E-state index contributed by atoms with van der Waals surface area (Å²) < 4.78 is 0. The summed E-state index contributed by atoms with van der Waals surface area (Å²) in [4.78, 5) is 22.1. The van der Waals surface area contributed by atoms with Gasteiger partial charge in [0.05, 0.1) is 4.92 Å². The lowest BCUT2D eigenvalue weighted by atomic mass is 10.1. The molecule has 2 rings (SSSR count). The number of hydrogen-bond donors (Lipinski definition) is 2. The molecule has 0 spiro atoms. The number of nitrogens with one attached hydrogen (secondary N) is 2. The summed E-state index contributed by atoms with van der Waals surface area (Å²) in [5.41, 5.74) is 1.05. The lowest BCUT2D eigenvalue weighted by Gasteiger charge is -2.12. The van der Waals surface area contributed by atoms with E-state index in [1.807, 2.05) is 0 Å². The van der Waals surface area contributed by atoms with Crippen molar-refractivity contribution in [3.63, 3.8) is 0 Å². The van der Waals surface area contributed by atoms with E-state index < -0.39 is 4.92 Å². The van der Waals surface area contributed by atoms with Gasteiger partial charge in [-0.15, -0.1) is 0 Å². The van der Waals surface area contributed by atoms with E-state index in [0.29, 0.717) is 17.8 Å². The van der Waals surface area contributed by atoms with Gasteiger partial charge in [-0.05, 0) is 30.4 Å². The van der Waals surface area contributed by atoms with E-state index in [9.17, 15) is 14.9 Å². The maximum Gasteiger partial charge on any atom is 0.292 e. The highest BCUT2D eigenvalue weighted by Crippen LogP contribution is 2.45. The number of carbonyl (C=O) groups is 1. The largest absolute Gasteiger partial charge is 0.379 e. The summed E-state index contributed by atoms with van der Waals surface area (Å²) in [6.07, 6.45) is 2.26. The molecule has 0 atom stereocenters. The summed E-state index contributed by atoms with van der Waals surface area (Å²) in [7, 11) is 1.53. The van der Waals surface area contributed by atoms with E-state index in [0.717, 1.165) is 12.8 Å². The highest BCUT2D eigenvalue weighted by atomic mass is 16.6. The van der Waals surface area contributed by atoms with Crippen LogP contribution in [0.4, 0.5) is 11.4 Å². The van der Waals surface area contributed by atoms with Gasteiger partial charge in [-0.25, -0.2) is 0 Å². The highest BCUT2D eigenvalue weighted by Gasteiger charge is 2.37. The minimum atomic E-state index is -0.439. The Morgan fingerprint density at radius 3 is 2.68 bits per heavy atom. The average molecular weight is 263 g/mol. The molecule has 1 aliphatic rings. The monoisotopic (exact) mass is 263 g/mol. The van der Waals surface area contributed by atoms with Crippen LogP contribution in [-0.4, -0.2) is 24.4 Å². The molecule has 0 unspecified atom stereocenters. The first kappa shape index (κ1) is 13.3. The van der Waals surface area contributed by atoms with Crippen molar-refractivity contribution in [3.8, 4) is 0 Å². The summed E-state index contributed by atoms with van der Waals surface area (Å²) in [5, 5.41) is 16.6. The van der Waals surface area contributed by atoms with Gasteiger partial charge < -0.3 is 10.6 Å². The second-order valence-corrected chi connectivity index (χ2v) is 5.23. The molecule has 19 heavy (non-hydrogen) atoms. The number of nitrogens with zero attached hydrogens (tertiary/aromatic N) is 1. The van der Waals surface area contributed by atoms with Crippen molar-refractivity contribution < 1.29 is 9.72 Å². The van der Waals surface area contributed by atoms with Crippen LogP contribution >= 0.6 is 0 Å². The Hall–Kier alpha value is -2.11. The molecule has 1 saturated carbocycles. The van der Waals surface area contributed by atoms with Crippen molar-refractivity contribution in [1.29, 1.82) is 0 Å². The van der Waals surface area contributed by atoms with Crippen molar-refractivity contribution in [1.82, 2.24) is 5.32 Å². The molecule has 0 saturated heterocycles. The van der Waals surface area contributed by atoms with Crippen molar-refractivity contribution in [2.75, 3.05) is 18.9 Å². The van der Waals surface area contributed by atoms with Crippen LogP contribution in [-0.2, 0) is 0 Å². The molecule has 2 N–H and O–H groups in total. The fourth-order valence-electron chi connectivity index (χ4n) is 1.82. The molecule has 102 valence electrons. The number of hydrogen-bond acceptors (Lipinski definition) is 4. The SMILES string of the molecule is CNC(=O)c1ccc([N+](=O)[O-])c(NCC2(C)CC2)c1. The van der Waals surface area contributed by atoms with Gasteiger partial charge in [0.15, 0.2) is 0 Å². The van der Waals surface area contributed by atoms with Gasteiger partial charge in [0.2, 0.25) is 0 Å². The van der Waals surface area contributed by atoms with E-state index in [1.54, 1.807) is 0 Å². The van der Waals surface area contributed by atoms with Crippen molar-refractivity contribution >= 4 is 17.3 Å². The van der Waals surface area contributed by atoms with Crippen LogP contribution in [0, 0.1) is 15.5 Å². The molecule has 0 aliphatic heterocycles. The maximum absolute atomic E-state index is 11.6. The lowest BCUT2D eigenvalue weighted by molar-refractivity contribution is -0.384. The zero-order valence-electron chi connectivity index (χ0n) is 11.0. The number of carbonyl (C=O) groups excluding carboxylic acids is 1. The Morgan fingerprint density at radius 2 is 2.16 bits per heavy atom. The maximum atomic E-state index is 11.6. The van der Waals surface area contributed by atoms with Crippen LogP contribution in [0.3, 0.4) is 0 Å². The number of anilines is 1. The molecule has 1 amide bonds. The molecule has 1 aromatic rings. The van der Waals surface area contributed by atoms with Crippen LogP contribution in [0.25, 0.3) is 0 Å². The number of benzene rings is 1. The average Bonchev–Trinajstić information content (AvgIpc) is 3.13. The molecular weight excluding hydrogens is 246 g/mol. The summed E-state index contributed by atoms with van der Waals surface area (Å²) in [6, 6.07) is 4.35. The Kier molecular flexibility index (Phi) is 3.42. The molecule has 1 aromatic carbocycles. The third-order valence-corrected chi connectivity index (χ3v) is 3.49. The quantitative estimate of drug-likeness (QED) is 0.629. The van der Waals surface area contributed by atoms with Gasteiger partial charge in [-0.3, -0.25) is 14.9 Å². The predicted octanol–water partition coefficient (Wildman–Crippen LogP) is 2.17. The Bertz CT molecular complexity index is 524. The molecule has 0 bridgehead atoms. The van der Waals surface area contributed by atoms with Crippen molar-refractivity contribution in [2.45, 2.75) is 19.8 Å². The normalized spacial score (nSPS) is 15.7. The molecule has 0 heterocycles. The van der Waals surface area contributed by atoms with E-state index in [-0.39, 0.29) is 17.0 Å². The molecule has 0 aromatic heterocycles. The van der Waals surface area contributed by atoms with Gasteiger partial charge in [0, 0.05) is 25.2 Å². The minimum Gasteiger partial charge on any atom is -0.379 e. The number of nitro benzene ring substituents is 1. The summed E-state index contributed by atoms with van der Waals surface area (Å²) in [5.74, 6) is -0.254. The third kappa shape index (κ3) is 3.01. The molecule has 6 nitrogen and oxygen atoms in total. The number of amides is 1. The number of rotatable bonds is 5. The van der Waals surface area contributed by atoms with E-state index in [2.05, 4.69) is 17.6 Å². The van der Waals surface area contributed by atoms with E-state index in [4.69, 9.17) is 0 Å². The highest BCUT2D eigenvalue weighted by molar-refractivity contribution is 5.95. The Morgan fingerprint density at radius 1 is 1.47 bits per heavy atom. The zero-order valence-corrected chi connectivity index (χ0v) is 11.0. The van der Waals surface area contributed by atoms with E-state index in [1.165, 1.54) is 25.2 Å². The first-order valence-corrected chi connectivity index (χ1v) is 6.20. The number of nitro groups is 1. The molecule has 1 aliphatic carbocycles. The summed E-state index contributed by atoms with van der Waals surface area (Å²) >= 11 is 0. The fraction of sp³-hybridized carbons (Fsp3) is 0.462. The smallest absolute Gasteiger partial charge is 0.292 e. The molecular formula is C13H17N3O3. The van der Waals surface area contributed by atoms with Gasteiger partial charge in [-0.1, -0.05) is 6.92 Å². The molecule has 0 radical (unpaired) electrons. The van der Waals surface area contributed by atoms with Crippen LogP contribution in [0.15, 0.2) is 18.2 Å². The van der Waals surface area contributed by atoms with E-state index >= 15 is 0 Å². The standard InChI is InChI=1S/C13H17N3O3/c1-13(5-6-13)8-15-10-7-9(12(17)14-2)3-4-11(10)16(18)19/h3-4,7,15H,5-6,8H2,1-2H3,(H,14,17). The topological polar surface area (TPSA) is 84.3 Å². The van der Waals surface area contributed by atoms with Gasteiger partial charge in [0.1, 0.15) is 5.69 Å². The second kappa shape index (κ2) is 4.87. The first-order chi connectivity index (χ1) is 8.95. The first-order valence-electron chi connectivity index (χ1n) is 6.20.